The average Bonchev–Trinajstić information content (AvgIpc) is 2.69. The number of carbonyl (C=O) groups excluding carboxylic acids is 1. The van der Waals surface area contributed by atoms with Crippen molar-refractivity contribution in [3.05, 3.63) is 58.6 Å². The number of rotatable bonds is 6. The Kier molecular flexibility index (Phi) is 6.31. The SMILES string of the molecule is COc1cccc(C(=O)C[NH+]2CCN(S(=O)(=O)c3ccc(Br)cc3)CC2)c1. The van der Waals surface area contributed by atoms with Crippen LogP contribution in [0, 0.1) is 0 Å². The molecule has 0 radical (unpaired) electrons. The lowest BCUT2D eigenvalue weighted by Gasteiger charge is -2.31. The zero-order valence-electron chi connectivity index (χ0n) is 15.0. The molecule has 0 aromatic heterocycles. The van der Waals surface area contributed by atoms with Crippen LogP contribution >= 0.6 is 15.9 Å². The highest BCUT2D eigenvalue weighted by Crippen LogP contribution is 2.18. The standard InChI is InChI=1S/C19H21BrN2O4S/c1-26-17-4-2-3-15(13-17)19(23)14-21-9-11-22(12-10-21)27(24,25)18-7-5-16(20)6-8-18/h2-8,13H,9-12,14H2,1H3/p+1. The molecule has 0 spiro atoms. The summed E-state index contributed by atoms with van der Waals surface area (Å²) in [6, 6.07) is 13.8. The van der Waals surface area contributed by atoms with E-state index in [9.17, 15) is 13.2 Å². The van der Waals surface area contributed by atoms with Gasteiger partial charge in [-0.05, 0) is 36.4 Å². The number of methoxy groups -OCH3 is 1. The lowest BCUT2D eigenvalue weighted by molar-refractivity contribution is -0.895. The van der Waals surface area contributed by atoms with Gasteiger partial charge in [0.15, 0.2) is 0 Å². The molecule has 1 heterocycles. The van der Waals surface area contributed by atoms with E-state index in [1.165, 1.54) is 4.31 Å². The fraction of sp³-hybridized carbons (Fsp3) is 0.316. The van der Waals surface area contributed by atoms with Crippen molar-refractivity contribution in [2.24, 2.45) is 0 Å². The number of carbonyl (C=O) groups is 1. The second-order valence-corrected chi connectivity index (χ2v) is 9.29. The predicted octanol–water partition coefficient (Wildman–Crippen LogP) is 1.23. The summed E-state index contributed by atoms with van der Waals surface area (Å²) >= 11 is 3.32. The number of halogens is 1. The Morgan fingerprint density at radius 2 is 1.81 bits per heavy atom. The van der Waals surface area contributed by atoms with Gasteiger partial charge in [-0.2, -0.15) is 4.31 Å². The van der Waals surface area contributed by atoms with Crippen molar-refractivity contribution in [3.8, 4) is 5.75 Å². The maximum atomic E-state index is 12.7. The van der Waals surface area contributed by atoms with Crippen molar-refractivity contribution in [2.75, 3.05) is 39.8 Å². The van der Waals surface area contributed by atoms with Crippen LogP contribution in [0.15, 0.2) is 57.9 Å². The average molecular weight is 454 g/mol. The molecular formula is C19H22BrN2O4S+. The third-order valence-corrected chi connectivity index (χ3v) is 7.12. The van der Waals surface area contributed by atoms with Crippen molar-refractivity contribution in [1.29, 1.82) is 0 Å². The molecule has 1 aliphatic rings. The fourth-order valence-corrected chi connectivity index (χ4v) is 4.81. The van der Waals surface area contributed by atoms with Crippen molar-refractivity contribution >= 4 is 31.7 Å². The molecule has 0 amide bonds. The van der Waals surface area contributed by atoms with E-state index in [1.54, 1.807) is 55.6 Å². The third-order valence-electron chi connectivity index (χ3n) is 4.68. The van der Waals surface area contributed by atoms with Gasteiger partial charge in [-0.3, -0.25) is 4.79 Å². The molecular weight excluding hydrogens is 432 g/mol. The van der Waals surface area contributed by atoms with Gasteiger partial charge in [0.25, 0.3) is 0 Å². The molecule has 1 fully saturated rings. The molecule has 0 bridgehead atoms. The number of ether oxygens (including phenoxy) is 1. The summed E-state index contributed by atoms with van der Waals surface area (Å²) in [6.07, 6.45) is 0. The number of piperazine rings is 1. The van der Waals surface area contributed by atoms with Crippen LogP contribution in [0.25, 0.3) is 0 Å². The lowest BCUT2D eigenvalue weighted by Crippen LogP contribution is -3.15. The van der Waals surface area contributed by atoms with Gasteiger partial charge >= 0.3 is 0 Å². The first-order valence-corrected chi connectivity index (χ1v) is 10.9. The number of ketones is 1. The summed E-state index contributed by atoms with van der Waals surface area (Å²) in [5.74, 6) is 0.689. The maximum absolute atomic E-state index is 12.7. The largest absolute Gasteiger partial charge is 0.497 e. The van der Waals surface area contributed by atoms with E-state index >= 15 is 0 Å². The molecule has 144 valence electrons. The van der Waals surface area contributed by atoms with E-state index in [4.69, 9.17) is 4.74 Å². The summed E-state index contributed by atoms with van der Waals surface area (Å²) in [7, 11) is -1.92. The van der Waals surface area contributed by atoms with Gasteiger partial charge in [-0.15, -0.1) is 0 Å². The van der Waals surface area contributed by atoms with Crippen molar-refractivity contribution < 1.29 is 22.8 Å². The van der Waals surface area contributed by atoms with Crippen LogP contribution in [0.4, 0.5) is 0 Å². The highest BCUT2D eigenvalue weighted by molar-refractivity contribution is 9.10. The number of nitrogens with zero attached hydrogens (tertiary/aromatic N) is 1. The number of benzene rings is 2. The molecule has 0 aliphatic carbocycles. The van der Waals surface area contributed by atoms with Crippen molar-refractivity contribution in [1.82, 2.24) is 4.31 Å². The summed E-state index contributed by atoms with van der Waals surface area (Å²) in [6.45, 7) is 2.36. The zero-order chi connectivity index (χ0) is 19.4. The Morgan fingerprint density at radius 3 is 2.44 bits per heavy atom. The summed E-state index contributed by atoms with van der Waals surface area (Å²) in [5, 5.41) is 0. The van der Waals surface area contributed by atoms with Gasteiger partial charge in [-0.1, -0.05) is 28.1 Å². The first-order valence-electron chi connectivity index (χ1n) is 8.66. The van der Waals surface area contributed by atoms with Crippen LogP contribution in [0.3, 0.4) is 0 Å². The molecule has 1 saturated heterocycles. The highest BCUT2D eigenvalue weighted by atomic mass is 79.9. The summed E-state index contributed by atoms with van der Waals surface area (Å²) in [4.78, 5) is 13.9. The van der Waals surface area contributed by atoms with Gasteiger partial charge in [0.05, 0.1) is 38.2 Å². The molecule has 27 heavy (non-hydrogen) atoms. The molecule has 0 atom stereocenters. The monoisotopic (exact) mass is 453 g/mol. The van der Waals surface area contributed by atoms with E-state index in [-0.39, 0.29) is 5.78 Å². The Bertz CT molecular complexity index is 908. The Labute approximate surface area is 167 Å². The molecule has 0 saturated carbocycles. The number of Topliss-reactive ketones (excluding diaryl/α,β-unsaturated/α-hetero) is 1. The molecule has 2 aromatic carbocycles. The molecule has 3 rings (SSSR count). The number of nitrogens with one attached hydrogen (secondary N) is 1. The van der Waals surface area contributed by atoms with Crippen LogP contribution < -0.4 is 9.64 Å². The van der Waals surface area contributed by atoms with Crippen LogP contribution in [-0.2, 0) is 10.0 Å². The van der Waals surface area contributed by atoms with Gasteiger partial charge in [-0.25, -0.2) is 8.42 Å². The second kappa shape index (κ2) is 8.52. The van der Waals surface area contributed by atoms with Gasteiger partial charge in [0, 0.05) is 10.0 Å². The van der Waals surface area contributed by atoms with Crippen LogP contribution in [-0.4, -0.2) is 58.3 Å². The minimum atomic E-state index is -3.49. The number of quaternary nitrogens is 1. The normalized spacial score (nSPS) is 16.2. The Balaban J connectivity index is 1.60. The second-order valence-electron chi connectivity index (χ2n) is 6.44. The maximum Gasteiger partial charge on any atom is 0.243 e. The van der Waals surface area contributed by atoms with Gasteiger partial charge in [0.1, 0.15) is 12.3 Å². The van der Waals surface area contributed by atoms with Crippen molar-refractivity contribution in [2.45, 2.75) is 4.90 Å². The molecule has 1 N–H and O–H groups in total. The number of sulfonamides is 1. The van der Waals surface area contributed by atoms with Crippen LogP contribution in [0.5, 0.6) is 5.75 Å². The van der Waals surface area contributed by atoms with Crippen molar-refractivity contribution in [3.63, 3.8) is 0 Å². The quantitative estimate of drug-likeness (QED) is 0.667. The summed E-state index contributed by atoms with van der Waals surface area (Å²) < 4.78 is 33.0. The lowest BCUT2D eigenvalue weighted by atomic mass is 10.1. The Morgan fingerprint density at radius 1 is 1.15 bits per heavy atom. The summed E-state index contributed by atoms with van der Waals surface area (Å²) in [5.41, 5.74) is 0.617. The fourth-order valence-electron chi connectivity index (χ4n) is 3.10. The smallest absolute Gasteiger partial charge is 0.243 e. The van der Waals surface area contributed by atoms with E-state index in [0.29, 0.717) is 48.9 Å². The van der Waals surface area contributed by atoms with Gasteiger partial charge in [0.2, 0.25) is 15.8 Å². The van der Waals surface area contributed by atoms with E-state index in [2.05, 4.69) is 15.9 Å². The molecule has 6 nitrogen and oxygen atoms in total. The first-order chi connectivity index (χ1) is 12.9. The zero-order valence-corrected chi connectivity index (χ0v) is 17.4. The minimum Gasteiger partial charge on any atom is -0.497 e. The molecule has 8 heteroatoms. The topological polar surface area (TPSA) is 68.1 Å². The number of hydrogen-bond donors (Lipinski definition) is 1. The van der Waals surface area contributed by atoms with E-state index < -0.39 is 10.0 Å². The van der Waals surface area contributed by atoms with E-state index in [0.717, 1.165) is 9.37 Å². The first kappa shape index (κ1) is 20.0. The molecule has 0 unspecified atom stereocenters. The number of hydrogen-bond acceptors (Lipinski definition) is 4. The molecule has 2 aromatic rings. The van der Waals surface area contributed by atoms with Gasteiger partial charge < -0.3 is 9.64 Å². The van der Waals surface area contributed by atoms with E-state index in [1.807, 2.05) is 0 Å². The minimum absolute atomic E-state index is 0.0353. The third kappa shape index (κ3) is 4.76. The highest BCUT2D eigenvalue weighted by Gasteiger charge is 2.31. The predicted molar refractivity (Wildman–Crippen MR) is 106 cm³/mol. The Hall–Kier alpha value is -1.74. The van der Waals surface area contributed by atoms with Crippen LogP contribution in [0.1, 0.15) is 10.4 Å². The van der Waals surface area contributed by atoms with Crippen LogP contribution in [0.2, 0.25) is 0 Å². The molecule has 1 aliphatic heterocycles.